The zero-order chi connectivity index (χ0) is 13.5. The second-order valence-electron chi connectivity index (χ2n) is 4.01. The molecule has 0 saturated heterocycles. The maximum absolute atomic E-state index is 9.18. The minimum Gasteiger partial charge on any atom is -0.395 e. The predicted octanol–water partition coefficient (Wildman–Crippen LogP) is 2.88. The van der Waals surface area contributed by atoms with E-state index in [1.807, 2.05) is 65.6 Å². The van der Waals surface area contributed by atoms with Crippen LogP contribution in [0.3, 0.4) is 0 Å². The molecule has 2 aromatic carbocycles. The van der Waals surface area contributed by atoms with Crippen LogP contribution in [0.25, 0.3) is 0 Å². The van der Waals surface area contributed by atoms with Crippen molar-refractivity contribution in [2.24, 2.45) is 0 Å². The van der Waals surface area contributed by atoms with Gasteiger partial charge >= 0.3 is 0 Å². The van der Waals surface area contributed by atoms with Crippen LogP contribution in [0.5, 0.6) is 0 Å². The molecule has 3 nitrogen and oxygen atoms in total. The quantitative estimate of drug-likeness (QED) is 0.839. The number of rotatable bonds is 4. The molecular weight excluding hydrogens is 256 g/mol. The molecule has 0 amide bonds. The van der Waals surface area contributed by atoms with E-state index in [2.05, 4.69) is 5.32 Å². The number of nitrogens with one attached hydrogen (secondary N) is 1. The number of benzene rings is 2. The van der Waals surface area contributed by atoms with Crippen molar-refractivity contribution < 1.29 is 5.11 Å². The van der Waals surface area contributed by atoms with E-state index in [1.165, 1.54) is 0 Å². The van der Waals surface area contributed by atoms with E-state index < -0.39 is 0 Å². The Morgan fingerprint density at radius 3 is 2.16 bits per heavy atom. The molecule has 0 heterocycles. The van der Waals surface area contributed by atoms with Gasteiger partial charge in [-0.1, -0.05) is 36.4 Å². The monoisotopic (exact) mass is 272 g/mol. The van der Waals surface area contributed by atoms with Crippen molar-refractivity contribution in [3.8, 4) is 0 Å². The summed E-state index contributed by atoms with van der Waals surface area (Å²) in [5.41, 5.74) is 1.90. The second kappa shape index (κ2) is 6.87. The van der Waals surface area contributed by atoms with Crippen LogP contribution in [0, 0.1) is 0 Å². The lowest BCUT2D eigenvalue weighted by Gasteiger charge is -2.25. The largest absolute Gasteiger partial charge is 0.395 e. The van der Waals surface area contributed by atoms with E-state index in [4.69, 9.17) is 12.2 Å². The molecule has 98 valence electrons. The van der Waals surface area contributed by atoms with E-state index in [-0.39, 0.29) is 6.61 Å². The van der Waals surface area contributed by atoms with Gasteiger partial charge in [0.05, 0.1) is 6.61 Å². The molecule has 0 atom stereocenters. The number of para-hydroxylation sites is 2. The molecule has 2 N–H and O–H groups in total. The Labute approximate surface area is 118 Å². The summed E-state index contributed by atoms with van der Waals surface area (Å²) in [6.45, 7) is 0.508. The summed E-state index contributed by atoms with van der Waals surface area (Å²) in [6.07, 6.45) is 0. The highest BCUT2D eigenvalue weighted by Crippen LogP contribution is 2.15. The van der Waals surface area contributed by atoms with Crippen LogP contribution in [-0.4, -0.2) is 23.4 Å². The fraction of sp³-hybridized carbons (Fsp3) is 0.133. The lowest BCUT2D eigenvalue weighted by molar-refractivity contribution is 0.306. The summed E-state index contributed by atoms with van der Waals surface area (Å²) >= 11 is 5.41. The first-order valence-electron chi connectivity index (χ1n) is 6.11. The van der Waals surface area contributed by atoms with Gasteiger partial charge in [-0.05, 0) is 36.5 Å². The first-order chi connectivity index (χ1) is 9.31. The van der Waals surface area contributed by atoms with Gasteiger partial charge in [0.15, 0.2) is 5.11 Å². The summed E-state index contributed by atoms with van der Waals surface area (Å²) in [5, 5.41) is 12.9. The highest BCUT2D eigenvalue weighted by atomic mass is 32.1. The normalized spacial score (nSPS) is 9.95. The average Bonchev–Trinajstić information content (AvgIpc) is 2.46. The lowest BCUT2D eigenvalue weighted by atomic mass is 10.3. The number of aliphatic hydroxyl groups excluding tert-OH is 1. The fourth-order valence-electron chi connectivity index (χ4n) is 1.77. The zero-order valence-electron chi connectivity index (χ0n) is 10.5. The Morgan fingerprint density at radius 2 is 1.58 bits per heavy atom. The SMILES string of the molecule is OCCN(C(=S)Nc1ccccc1)c1ccccc1. The van der Waals surface area contributed by atoms with Gasteiger partial charge in [0.25, 0.3) is 0 Å². The van der Waals surface area contributed by atoms with Gasteiger partial charge in [-0.15, -0.1) is 0 Å². The molecule has 0 radical (unpaired) electrons. The molecule has 0 aromatic heterocycles. The molecular formula is C15H16N2OS. The van der Waals surface area contributed by atoms with E-state index in [0.29, 0.717) is 11.7 Å². The van der Waals surface area contributed by atoms with Crippen LogP contribution in [-0.2, 0) is 0 Å². The standard InChI is InChI=1S/C15H16N2OS/c18-12-11-17(14-9-5-2-6-10-14)15(19)16-13-7-3-1-4-8-13/h1-10,18H,11-12H2,(H,16,19). The zero-order valence-corrected chi connectivity index (χ0v) is 11.3. The van der Waals surface area contributed by atoms with E-state index >= 15 is 0 Å². The molecule has 0 bridgehead atoms. The predicted molar refractivity (Wildman–Crippen MR) is 83.5 cm³/mol. The first kappa shape index (κ1) is 13.5. The van der Waals surface area contributed by atoms with Gasteiger partial charge < -0.3 is 15.3 Å². The van der Waals surface area contributed by atoms with Crippen LogP contribution in [0.15, 0.2) is 60.7 Å². The Kier molecular flexibility index (Phi) is 4.89. The van der Waals surface area contributed by atoms with Crippen molar-refractivity contribution in [2.45, 2.75) is 0 Å². The van der Waals surface area contributed by atoms with Crippen LogP contribution in [0.2, 0.25) is 0 Å². The van der Waals surface area contributed by atoms with Crippen LogP contribution < -0.4 is 10.2 Å². The average molecular weight is 272 g/mol. The van der Waals surface area contributed by atoms with Crippen molar-refractivity contribution in [3.05, 3.63) is 60.7 Å². The van der Waals surface area contributed by atoms with E-state index in [1.54, 1.807) is 0 Å². The van der Waals surface area contributed by atoms with E-state index in [0.717, 1.165) is 11.4 Å². The summed E-state index contributed by atoms with van der Waals surface area (Å²) in [6, 6.07) is 19.5. The fourth-order valence-corrected chi connectivity index (χ4v) is 2.08. The third-order valence-corrected chi connectivity index (χ3v) is 2.98. The van der Waals surface area contributed by atoms with Crippen LogP contribution in [0.4, 0.5) is 11.4 Å². The minimum absolute atomic E-state index is 0.0471. The van der Waals surface area contributed by atoms with Crippen molar-refractivity contribution in [2.75, 3.05) is 23.4 Å². The lowest BCUT2D eigenvalue weighted by Crippen LogP contribution is -2.36. The van der Waals surface area contributed by atoms with Crippen molar-refractivity contribution in [1.82, 2.24) is 0 Å². The Bertz CT molecular complexity index is 516. The number of thiocarbonyl (C=S) groups is 1. The van der Waals surface area contributed by atoms with Gasteiger partial charge in [0, 0.05) is 17.9 Å². The van der Waals surface area contributed by atoms with Crippen molar-refractivity contribution >= 4 is 28.7 Å². The first-order valence-corrected chi connectivity index (χ1v) is 6.51. The van der Waals surface area contributed by atoms with Crippen LogP contribution in [0.1, 0.15) is 0 Å². The van der Waals surface area contributed by atoms with Gasteiger partial charge in [-0.25, -0.2) is 0 Å². The molecule has 0 aliphatic rings. The van der Waals surface area contributed by atoms with Gasteiger partial charge in [-0.2, -0.15) is 0 Å². The second-order valence-corrected chi connectivity index (χ2v) is 4.39. The number of hydrogen-bond acceptors (Lipinski definition) is 2. The van der Waals surface area contributed by atoms with Gasteiger partial charge in [0.2, 0.25) is 0 Å². The molecule has 0 unspecified atom stereocenters. The Balaban J connectivity index is 2.13. The molecule has 0 aliphatic heterocycles. The number of nitrogens with zero attached hydrogens (tertiary/aromatic N) is 1. The molecule has 2 aromatic rings. The molecule has 19 heavy (non-hydrogen) atoms. The Hall–Kier alpha value is -1.91. The molecule has 0 spiro atoms. The third-order valence-electron chi connectivity index (χ3n) is 2.66. The Morgan fingerprint density at radius 1 is 1.00 bits per heavy atom. The van der Waals surface area contributed by atoms with Gasteiger partial charge in [-0.3, -0.25) is 0 Å². The minimum atomic E-state index is 0.0471. The van der Waals surface area contributed by atoms with Crippen LogP contribution >= 0.6 is 12.2 Å². The highest BCUT2D eigenvalue weighted by molar-refractivity contribution is 7.80. The van der Waals surface area contributed by atoms with Gasteiger partial charge in [0.1, 0.15) is 0 Å². The summed E-state index contributed by atoms with van der Waals surface area (Å²) in [7, 11) is 0. The third kappa shape index (κ3) is 3.77. The summed E-state index contributed by atoms with van der Waals surface area (Å²) in [5.74, 6) is 0. The maximum atomic E-state index is 9.18. The highest BCUT2D eigenvalue weighted by Gasteiger charge is 2.11. The number of anilines is 2. The smallest absolute Gasteiger partial charge is 0.178 e. The molecule has 0 aliphatic carbocycles. The molecule has 4 heteroatoms. The summed E-state index contributed by atoms with van der Waals surface area (Å²) in [4.78, 5) is 1.88. The molecule has 0 saturated carbocycles. The van der Waals surface area contributed by atoms with Crippen molar-refractivity contribution in [3.63, 3.8) is 0 Å². The topological polar surface area (TPSA) is 35.5 Å². The maximum Gasteiger partial charge on any atom is 0.178 e. The number of hydrogen-bond donors (Lipinski definition) is 2. The summed E-state index contributed by atoms with van der Waals surface area (Å²) < 4.78 is 0. The molecule has 0 fully saturated rings. The molecule has 2 rings (SSSR count). The van der Waals surface area contributed by atoms with Crippen molar-refractivity contribution in [1.29, 1.82) is 0 Å². The number of aliphatic hydroxyl groups is 1. The van der Waals surface area contributed by atoms with E-state index in [9.17, 15) is 5.11 Å².